The van der Waals surface area contributed by atoms with Crippen LogP contribution in [0.15, 0.2) is 48.5 Å². The number of rotatable bonds is 6. The van der Waals surface area contributed by atoms with Crippen molar-refractivity contribution in [2.24, 2.45) is 0 Å². The van der Waals surface area contributed by atoms with Crippen molar-refractivity contribution in [3.05, 3.63) is 92.4 Å². The van der Waals surface area contributed by atoms with Crippen LogP contribution in [0.3, 0.4) is 0 Å². The number of aliphatic hydroxyl groups excluding tert-OH is 1. The van der Waals surface area contributed by atoms with Gasteiger partial charge in [0.25, 0.3) is 5.91 Å². The van der Waals surface area contributed by atoms with Gasteiger partial charge in [0.2, 0.25) is 0 Å². The summed E-state index contributed by atoms with van der Waals surface area (Å²) in [7, 11) is 0. The quantitative estimate of drug-likeness (QED) is 0.231. The molecule has 9 heteroatoms. The van der Waals surface area contributed by atoms with Crippen molar-refractivity contribution >= 4 is 39.1 Å². The van der Waals surface area contributed by atoms with Crippen molar-refractivity contribution in [3.8, 4) is 5.75 Å². The van der Waals surface area contributed by atoms with E-state index in [2.05, 4.69) is 16.4 Å². The van der Waals surface area contributed by atoms with Gasteiger partial charge in [-0.15, -0.1) is 11.3 Å². The van der Waals surface area contributed by atoms with E-state index < -0.39 is 29.3 Å². The Morgan fingerprint density at radius 2 is 1.67 bits per heavy atom. The monoisotopic (exact) mass is 572 g/mol. The Bertz CT molecular complexity index is 1510. The number of nitrogens with one attached hydrogen (secondary N) is 1. The number of carbonyl (C=O) groups excluding carboxylic acids is 1. The number of hydrogen-bond acceptors (Lipinski definition) is 5. The van der Waals surface area contributed by atoms with Gasteiger partial charge in [-0.2, -0.15) is 0 Å². The van der Waals surface area contributed by atoms with Gasteiger partial charge < -0.3 is 15.2 Å². The Hall–Kier alpha value is -3.07. The lowest BCUT2D eigenvalue weighted by molar-refractivity contribution is 0.0773. The van der Waals surface area contributed by atoms with E-state index in [0.29, 0.717) is 21.1 Å². The fourth-order valence-corrected chi connectivity index (χ4v) is 4.98. The first kappa shape index (κ1) is 28.9. The van der Waals surface area contributed by atoms with Crippen molar-refractivity contribution in [1.29, 1.82) is 0 Å². The van der Waals surface area contributed by atoms with Crippen LogP contribution in [0.25, 0.3) is 10.2 Å². The average Bonchev–Trinajstić information content (AvgIpc) is 3.24. The van der Waals surface area contributed by atoms with Gasteiger partial charge in [0.1, 0.15) is 23.0 Å². The maximum Gasteiger partial charge on any atom is 0.259 e. The second-order valence-corrected chi connectivity index (χ2v) is 13.0. The Morgan fingerprint density at radius 3 is 2.28 bits per heavy atom. The molecule has 0 aliphatic rings. The molecule has 0 aliphatic carbocycles. The van der Waals surface area contributed by atoms with Crippen LogP contribution < -0.4 is 10.1 Å². The van der Waals surface area contributed by atoms with E-state index in [9.17, 15) is 14.3 Å². The number of amides is 1. The van der Waals surface area contributed by atoms with Crippen LogP contribution in [-0.4, -0.2) is 16.0 Å². The number of carbonyl (C=O) groups is 1. The molecule has 0 bridgehead atoms. The van der Waals surface area contributed by atoms with Crippen molar-refractivity contribution < 1.29 is 23.4 Å². The van der Waals surface area contributed by atoms with Crippen LogP contribution in [0.5, 0.6) is 5.75 Å². The molecule has 3 aromatic carbocycles. The molecule has 0 aliphatic heterocycles. The summed E-state index contributed by atoms with van der Waals surface area (Å²) in [6.45, 7) is 12.2. The third-order valence-electron chi connectivity index (χ3n) is 6.30. The van der Waals surface area contributed by atoms with E-state index in [1.54, 1.807) is 24.3 Å². The lowest BCUT2D eigenvalue weighted by Crippen LogP contribution is -2.30. The molecule has 39 heavy (non-hydrogen) atoms. The number of halogens is 3. The highest BCUT2D eigenvalue weighted by molar-refractivity contribution is 7.18. The van der Waals surface area contributed by atoms with E-state index in [4.69, 9.17) is 16.3 Å². The number of ether oxygens (including phenoxy) is 1. The molecular weight excluding hydrogens is 542 g/mol. The third kappa shape index (κ3) is 6.57. The molecule has 1 unspecified atom stereocenters. The van der Waals surface area contributed by atoms with Crippen LogP contribution in [0.1, 0.15) is 79.8 Å². The largest absolute Gasteiger partial charge is 0.483 e. The van der Waals surface area contributed by atoms with Crippen molar-refractivity contribution in [2.45, 2.75) is 65.2 Å². The molecule has 4 aromatic rings. The summed E-state index contributed by atoms with van der Waals surface area (Å²) in [5.74, 6) is -3.64. The second-order valence-electron chi connectivity index (χ2n) is 11.5. The van der Waals surface area contributed by atoms with Gasteiger partial charge in [0, 0.05) is 10.6 Å². The Labute approximate surface area is 235 Å². The Kier molecular flexibility index (Phi) is 8.03. The molecule has 206 valence electrons. The fraction of sp³-hybridized carbons (Fsp3) is 0.333. The highest BCUT2D eigenvalue weighted by Crippen LogP contribution is 2.32. The number of hydrogen-bond donors (Lipinski definition) is 2. The first-order valence-electron chi connectivity index (χ1n) is 12.4. The number of fused-ring (bicyclic) bond motifs is 1. The molecule has 0 radical (unpaired) electrons. The summed E-state index contributed by atoms with van der Waals surface area (Å²) in [5, 5.41) is 14.3. The topological polar surface area (TPSA) is 71.5 Å². The molecular formula is C30H31ClF2N2O3S. The summed E-state index contributed by atoms with van der Waals surface area (Å²) < 4.78 is 36.4. The molecule has 1 aromatic heterocycles. The standard InChI is InChI=1S/C30H31ClF2N2O3S/c1-29(2,3)17-11-16(12-18(13-17)30(4,5)6)27(36)35-28(37)25-20(32)8-9-22(26(25)33)38-15-24-34-21-14-19(31)7-10-23(21)39-24/h7-14,27,36H,15H2,1-6H3,(H,35,37). The van der Waals surface area contributed by atoms with E-state index in [1.165, 1.54) is 11.3 Å². The molecule has 0 spiro atoms. The smallest absolute Gasteiger partial charge is 0.259 e. The number of aliphatic hydroxyl groups is 1. The van der Waals surface area contributed by atoms with Crippen LogP contribution in [0.2, 0.25) is 5.02 Å². The second kappa shape index (κ2) is 10.8. The normalized spacial score (nSPS) is 13.0. The van der Waals surface area contributed by atoms with Gasteiger partial charge in [-0.25, -0.2) is 13.8 Å². The molecule has 1 atom stereocenters. The Balaban J connectivity index is 1.56. The summed E-state index contributed by atoms with van der Waals surface area (Å²) in [6.07, 6.45) is -1.49. The molecule has 1 heterocycles. The van der Waals surface area contributed by atoms with Gasteiger partial charge in [0.05, 0.1) is 10.2 Å². The number of nitrogens with zero attached hydrogens (tertiary/aromatic N) is 1. The highest BCUT2D eigenvalue weighted by atomic mass is 35.5. The lowest BCUT2D eigenvalue weighted by Gasteiger charge is -2.27. The predicted molar refractivity (Wildman–Crippen MR) is 152 cm³/mol. The van der Waals surface area contributed by atoms with Crippen molar-refractivity contribution in [3.63, 3.8) is 0 Å². The van der Waals surface area contributed by atoms with Crippen molar-refractivity contribution in [2.75, 3.05) is 0 Å². The number of benzene rings is 3. The molecule has 2 N–H and O–H groups in total. The minimum absolute atomic E-state index is 0.0849. The molecule has 0 saturated carbocycles. The minimum Gasteiger partial charge on any atom is -0.483 e. The number of aromatic nitrogens is 1. The first-order chi connectivity index (χ1) is 18.1. The maximum absolute atomic E-state index is 15.3. The van der Waals surface area contributed by atoms with Gasteiger partial charge in [-0.05, 0) is 52.3 Å². The Morgan fingerprint density at radius 1 is 1.03 bits per heavy atom. The van der Waals surface area contributed by atoms with Crippen LogP contribution in [0, 0.1) is 11.6 Å². The third-order valence-corrected chi connectivity index (χ3v) is 7.54. The maximum atomic E-state index is 15.3. The van der Waals surface area contributed by atoms with Crippen LogP contribution in [0.4, 0.5) is 8.78 Å². The fourth-order valence-electron chi connectivity index (χ4n) is 3.96. The van der Waals surface area contributed by atoms with E-state index in [-0.39, 0.29) is 23.2 Å². The summed E-state index contributed by atoms with van der Waals surface area (Å²) >= 11 is 7.36. The molecule has 5 nitrogen and oxygen atoms in total. The molecule has 1 amide bonds. The van der Waals surface area contributed by atoms with E-state index in [0.717, 1.165) is 28.0 Å². The summed E-state index contributed by atoms with van der Waals surface area (Å²) in [5.41, 5.74) is 1.74. The molecule has 4 rings (SSSR count). The van der Waals surface area contributed by atoms with E-state index >= 15 is 4.39 Å². The number of thiazole rings is 1. The van der Waals surface area contributed by atoms with E-state index in [1.807, 2.05) is 47.6 Å². The summed E-state index contributed by atoms with van der Waals surface area (Å²) in [4.78, 5) is 17.4. The zero-order valence-corrected chi connectivity index (χ0v) is 24.2. The van der Waals surface area contributed by atoms with Crippen LogP contribution in [-0.2, 0) is 17.4 Å². The summed E-state index contributed by atoms with van der Waals surface area (Å²) in [6, 6.07) is 13.0. The van der Waals surface area contributed by atoms with Gasteiger partial charge in [-0.1, -0.05) is 71.3 Å². The minimum atomic E-state index is -1.49. The van der Waals surface area contributed by atoms with Crippen molar-refractivity contribution in [1.82, 2.24) is 10.3 Å². The molecule has 0 saturated heterocycles. The SMILES string of the molecule is CC(C)(C)c1cc(C(O)NC(=O)c2c(F)ccc(OCc3nc4cc(Cl)ccc4s3)c2F)cc(C(C)(C)C)c1. The van der Waals surface area contributed by atoms with Gasteiger partial charge >= 0.3 is 0 Å². The average molecular weight is 573 g/mol. The zero-order chi connectivity index (χ0) is 28.7. The lowest BCUT2D eigenvalue weighted by atomic mass is 9.79. The zero-order valence-electron chi connectivity index (χ0n) is 22.7. The highest BCUT2D eigenvalue weighted by Gasteiger charge is 2.26. The predicted octanol–water partition coefficient (Wildman–Crippen LogP) is 7.82. The van der Waals surface area contributed by atoms with Gasteiger partial charge in [-0.3, -0.25) is 4.79 Å². The molecule has 0 fully saturated rings. The van der Waals surface area contributed by atoms with Crippen LogP contribution >= 0.6 is 22.9 Å². The van der Waals surface area contributed by atoms with Gasteiger partial charge in [0.15, 0.2) is 17.8 Å². The first-order valence-corrected chi connectivity index (χ1v) is 13.6.